The van der Waals surface area contributed by atoms with Crippen molar-refractivity contribution in [2.75, 3.05) is 31.6 Å². The molecule has 148 valence electrons. The van der Waals surface area contributed by atoms with Gasteiger partial charge in [0.25, 0.3) is 0 Å². The van der Waals surface area contributed by atoms with Gasteiger partial charge in [0.15, 0.2) is 0 Å². The summed E-state index contributed by atoms with van der Waals surface area (Å²) in [7, 11) is -2.12. The normalized spacial score (nSPS) is 21.1. The Morgan fingerprint density at radius 1 is 1.26 bits per heavy atom. The molecular weight excluding hydrogens is 368 g/mol. The van der Waals surface area contributed by atoms with E-state index in [0.29, 0.717) is 26.1 Å². The fraction of sp³-hybridized carbons (Fsp3) is 0.556. The van der Waals surface area contributed by atoms with Crippen LogP contribution in [0.15, 0.2) is 23.1 Å². The van der Waals surface area contributed by atoms with Gasteiger partial charge in [0.1, 0.15) is 0 Å². The van der Waals surface area contributed by atoms with Crippen LogP contribution in [0.25, 0.3) is 0 Å². The fourth-order valence-electron chi connectivity index (χ4n) is 3.99. The monoisotopic (exact) mass is 394 g/mol. The van der Waals surface area contributed by atoms with Crippen LogP contribution in [0.1, 0.15) is 25.3 Å². The van der Waals surface area contributed by atoms with E-state index in [2.05, 4.69) is 10.2 Å². The first-order valence-electron chi connectivity index (χ1n) is 9.12. The Bertz CT molecular complexity index is 847. The average molecular weight is 394 g/mol. The fourth-order valence-corrected chi connectivity index (χ4v) is 4.55. The number of carbonyl (C=O) groups is 2. The molecule has 2 aliphatic heterocycles. The van der Waals surface area contributed by atoms with E-state index >= 15 is 0 Å². The minimum Gasteiger partial charge on any atom is -0.359 e. The van der Waals surface area contributed by atoms with Crippen LogP contribution in [0.5, 0.6) is 0 Å². The van der Waals surface area contributed by atoms with Crippen molar-refractivity contribution in [1.82, 2.24) is 10.2 Å². The Hall–Kier alpha value is -1.97. The molecule has 3 rings (SSSR count). The second kappa shape index (κ2) is 7.57. The van der Waals surface area contributed by atoms with Crippen LogP contribution in [-0.4, -0.2) is 57.9 Å². The van der Waals surface area contributed by atoms with Crippen LogP contribution in [0, 0.1) is 5.92 Å². The van der Waals surface area contributed by atoms with Gasteiger partial charge < -0.3 is 10.2 Å². The maximum Gasteiger partial charge on any atom is 0.241 e. The van der Waals surface area contributed by atoms with Gasteiger partial charge in [-0.25, -0.2) is 13.6 Å². The SMILES string of the molecule is CNC(=O)C1CCN(CC(=O)N2c3ccc(S(N)(=O)=O)cc3C[C@H]2C)CC1. The van der Waals surface area contributed by atoms with Gasteiger partial charge in [0, 0.05) is 24.7 Å². The van der Waals surface area contributed by atoms with Crippen molar-refractivity contribution in [3.8, 4) is 0 Å². The topological polar surface area (TPSA) is 113 Å². The van der Waals surface area contributed by atoms with Crippen LogP contribution in [0.4, 0.5) is 5.69 Å². The highest BCUT2D eigenvalue weighted by Crippen LogP contribution is 2.34. The molecule has 3 N–H and O–H groups in total. The highest BCUT2D eigenvalue weighted by Gasteiger charge is 2.33. The Morgan fingerprint density at radius 3 is 2.52 bits per heavy atom. The largest absolute Gasteiger partial charge is 0.359 e. The van der Waals surface area contributed by atoms with Crippen molar-refractivity contribution in [3.05, 3.63) is 23.8 Å². The molecule has 1 fully saturated rings. The van der Waals surface area contributed by atoms with E-state index in [1.807, 2.05) is 6.92 Å². The minimum absolute atomic E-state index is 0.0111. The molecule has 0 radical (unpaired) electrons. The van der Waals surface area contributed by atoms with Crippen LogP contribution in [0.3, 0.4) is 0 Å². The third-order valence-corrected chi connectivity index (χ3v) is 6.34. The van der Waals surface area contributed by atoms with Gasteiger partial charge in [-0.3, -0.25) is 14.5 Å². The number of piperidine rings is 1. The first-order valence-corrected chi connectivity index (χ1v) is 10.7. The van der Waals surface area contributed by atoms with E-state index in [4.69, 9.17) is 5.14 Å². The first-order chi connectivity index (χ1) is 12.7. The van der Waals surface area contributed by atoms with Crippen LogP contribution >= 0.6 is 0 Å². The second-order valence-electron chi connectivity index (χ2n) is 7.32. The molecule has 0 unspecified atom stereocenters. The smallest absolute Gasteiger partial charge is 0.241 e. The summed E-state index contributed by atoms with van der Waals surface area (Å²) in [5.41, 5.74) is 1.57. The molecule has 1 atom stereocenters. The summed E-state index contributed by atoms with van der Waals surface area (Å²) in [4.78, 5) is 28.5. The van der Waals surface area contributed by atoms with Crippen molar-refractivity contribution < 1.29 is 18.0 Å². The maximum absolute atomic E-state index is 12.9. The first kappa shape index (κ1) is 19.8. The van der Waals surface area contributed by atoms with Gasteiger partial charge in [-0.2, -0.15) is 0 Å². The lowest BCUT2D eigenvalue weighted by Gasteiger charge is -2.32. The predicted molar refractivity (Wildman–Crippen MR) is 102 cm³/mol. The summed E-state index contributed by atoms with van der Waals surface area (Å²) in [6, 6.07) is 4.63. The number of carbonyl (C=O) groups excluding carboxylic acids is 2. The van der Waals surface area contributed by atoms with E-state index in [-0.39, 0.29) is 28.7 Å². The van der Waals surface area contributed by atoms with E-state index in [1.165, 1.54) is 6.07 Å². The van der Waals surface area contributed by atoms with Gasteiger partial charge in [0.2, 0.25) is 21.8 Å². The van der Waals surface area contributed by atoms with Crippen molar-refractivity contribution in [2.24, 2.45) is 11.1 Å². The van der Waals surface area contributed by atoms with Crippen molar-refractivity contribution in [3.63, 3.8) is 0 Å². The summed E-state index contributed by atoms with van der Waals surface area (Å²) in [5.74, 6) is 0.0705. The van der Waals surface area contributed by atoms with Gasteiger partial charge in [-0.05, 0) is 63.0 Å². The number of fused-ring (bicyclic) bond motifs is 1. The van der Waals surface area contributed by atoms with Gasteiger partial charge in [0.05, 0.1) is 11.4 Å². The van der Waals surface area contributed by atoms with E-state index in [0.717, 1.165) is 24.1 Å². The number of nitrogens with zero attached hydrogens (tertiary/aromatic N) is 2. The van der Waals surface area contributed by atoms with Crippen molar-refractivity contribution in [1.29, 1.82) is 0 Å². The number of sulfonamides is 1. The number of nitrogens with one attached hydrogen (secondary N) is 1. The lowest BCUT2D eigenvalue weighted by atomic mass is 9.96. The molecule has 0 bridgehead atoms. The number of amides is 2. The third kappa shape index (κ3) is 4.15. The lowest BCUT2D eigenvalue weighted by Crippen LogP contribution is -2.46. The number of likely N-dealkylation sites (tertiary alicyclic amines) is 1. The molecule has 2 aliphatic rings. The van der Waals surface area contributed by atoms with Gasteiger partial charge in [-0.15, -0.1) is 0 Å². The summed E-state index contributed by atoms with van der Waals surface area (Å²) < 4.78 is 23.1. The molecule has 0 saturated carbocycles. The summed E-state index contributed by atoms with van der Waals surface area (Å²) >= 11 is 0. The molecule has 8 nitrogen and oxygen atoms in total. The second-order valence-corrected chi connectivity index (χ2v) is 8.88. The van der Waals surface area contributed by atoms with Crippen molar-refractivity contribution >= 4 is 27.5 Å². The average Bonchev–Trinajstić information content (AvgIpc) is 2.95. The number of hydrogen-bond acceptors (Lipinski definition) is 5. The van der Waals surface area contributed by atoms with Gasteiger partial charge >= 0.3 is 0 Å². The molecular formula is C18H26N4O4S. The standard InChI is InChI=1S/C18H26N4O4S/c1-12-9-14-10-15(27(19,25)26)3-4-16(14)22(12)17(23)11-21-7-5-13(6-8-21)18(24)20-2/h3-4,10,12-13H,5-9,11H2,1-2H3,(H,20,24)(H2,19,25,26)/t12-/m1/s1. The summed E-state index contributed by atoms with van der Waals surface area (Å²) in [5, 5.41) is 7.89. The molecule has 2 amide bonds. The molecule has 9 heteroatoms. The molecule has 0 aliphatic carbocycles. The Labute approximate surface area is 159 Å². The lowest BCUT2D eigenvalue weighted by molar-refractivity contribution is -0.126. The highest BCUT2D eigenvalue weighted by atomic mass is 32.2. The summed E-state index contributed by atoms with van der Waals surface area (Å²) in [6.07, 6.45) is 2.09. The number of rotatable bonds is 4. The zero-order chi connectivity index (χ0) is 19.8. The Morgan fingerprint density at radius 2 is 1.93 bits per heavy atom. The van der Waals surface area contributed by atoms with Crippen molar-refractivity contribution in [2.45, 2.75) is 37.1 Å². The maximum atomic E-state index is 12.9. The molecule has 27 heavy (non-hydrogen) atoms. The number of hydrogen-bond donors (Lipinski definition) is 2. The predicted octanol–water partition coefficient (Wildman–Crippen LogP) is 0.0696. The van der Waals surface area contributed by atoms with Crippen LogP contribution in [0.2, 0.25) is 0 Å². The summed E-state index contributed by atoms with van der Waals surface area (Å²) in [6.45, 7) is 3.67. The molecule has 2 heterocycles. The highest BCUT2D eigenvalue weighted by molar-refractivity contribution is 7.89. The van der Waals surface area contributed by atoms with E-state index < -0.39 is 10.0 Å². The number of nitrogens with two attached hydrogens (primary N) is 1. The quantitative estimate of drug-likeness (QED) is 0.750. The van der Waals surface area contributed by atoms with Crippen LogP contribution in [-0.2, 0) is 26.0 Å². The molecule has 0 spiro atoms. The molecule has 1 saturated heterocycles. The molecule has 1 aromatic rings. The minimum atomic E-state index is -3.76. The third-order valence-electron chi connectivity index (χ3n) is 5.43. The number of anilines is 1. The van der Waals surface area contributed by atoms with E-state index in [9.17, 15) is 18.0 Å². The van der Waals surface area contributed by atoms with Crippen LogP contribution < -0.4 is 15.4 Å². The Kier molecular flexibility index (Phi) is 5.55. The van der Waals surface area contributed by atoms with E-state index in [1.54, 1.807) is 24.1 Å². The Balaban J connectivity index is 1.68. The molecule has 0 aromatic heterocycles. The van der Waals surface area contributed by atoms with Gasteiger partial charge in [-0.1, -0.05) is 0 Å². The molecule has 1 aromatic carbocycles. The zero-order valence-electron chi connectivity index (χ0n) is 15.6. The number of primary sulfonamides is 1. The number of benzene rings is 1. The zero-order valence-corrected chi connectivity index (χ0v) is 16.5.